The van der Waals surface area contributed by atoms with E-state index in [1.54, 1.807) is 11.3 Å². The van der Waals surface area contributed by atoms with Gasteiger partial charge in [0.05, 0.1) is 0 Å². The lowest BCUT2D eigenvalue weighted by Gasteiger charge is -2.12. The second kappa shape index (κ2) is 8.13. The molecule has 1 N–H and O–H groups in total. The third kappa shape index (κ3) is 5.58. The van der Waals surface area contributed by atoms with E-state index >= 15 is 0 Å². The Morgan fingerprint density at radius 2 is 1.89 bits per heavy atom. The van der Waals surface area contributed by atoms with Crippen LogP contribution in [0.2, 0.25) is 0 Å². The average molecular weight is 273 g/mol. The van der Waals surface area contributed by atoms with Crippen LogP contribution >= 0.6 is 11.3 Å². The zero-order valence-electron chi connectivity index (χ0n) is 11.6. The van der Waals surface area contributed by atoms with E-state index in [-0.39, 0.29) is 0 Å². The summed E-state index contributed by atoms with van der Waals surface area (Å²) in [5.41, 5.74) is 2.91. The lowest BCUT2D eigenvalue weighted by molar-refractivity contribution is 0.525. The molecule has 1 heterocycles. The molecule has 2 aromatic rings. The molecule has 1 aromatic carbocycles. The zero-order chi connectivity index (χ0) is 13.3. The highest BCUT2D eigenvalue weighted by atomic mass is 32.1. The summed E-state index contributed by atoms with van der Waals surface area (Å²) in [6, 6.07) is 13.5. The van der Waals surface area contributed by atoms with Crippen molar-refractivity contribution in [2.24, 2.45) is 0 Å². The molecule has 2 heteroatoms. The molecule has 0 amide bonds. The molecule has 1 nitrogen and oxygen atoms in total. The molecule has 19 heavy (non-hydrogen) atoms. The van der Waals surface area contributed by atoms with Crippen molar-refractivity contribution in [1.82, 2.24) is 5.32 Å². The Bertz CT molecular complexity index is 436. The second-order valence-corrected chi connectivity index (χ2v) is 5.91. The van der Waals surface area contributed by atoms with Crippen LogP contribution in [0, 0.1) is 0 Å². The van der Waals surface area contributed by atoms with E-state index in [4.69, 9.17) is 0 Å². The Morgan fingerprint density at radius 1 is 1.05 bits per heavy atom. The molecule has 0 bridgehead atoms. The Morgan fingerprint density at radius 3 is 2.63 bits per heavy atom. The lowest BCUT2D eigenvalue weighted by Crippen LogP contribution is -2.28. The van der Waals surface area contributed by atoms with Crippen molar-refractivity contribution in [1.29, 1.82) is 0 Å². The first kappa shape index (κ1) is 14.3. The van der Waals surface area contributed by atoms with Gasteiger partial charge in [-0.05, 0) is 67.1 Å². The summed E-state index contributed by atoms with van der Waals surface area (Å²) in [7, 11) is 0. The highest BCUT2D eigenvalue weighted by Crippen LogP contribution is 2.09. The Hall–Kier alpha value is -1.12. The summed E-state index contributed by atoms with van der Waals surface area (Å²) in [4.78, 5) is 0. The minimum absolute atomic E-state index is 0.575. The van der Waals surface area contributed by atoms with Crippen molar-refractivity contribution >= 4 is 11.3 Å². The number of unbranched alkanes of at least 4 members (excludes halogenated alkanes) is 1. The van der Waals surface area contributed by atoms with Crippen LogP contribution in [-0.2, 0) is 12.8 Å². The van der Waals surface area contributed by atoms with Crippen LogP contribution in [-0.4, -0.2) is 12.6 Å². The summed E-state index contributed by atoms with van der Waals surface area (Å²) in [5, 5.41) is 8.01. The third-order valence-electron chi connectivity index (χ3n) is 3.35. The highest BCUT2D eigenvalue weighted by Gasteiger charge is 2.02. The van der Waals surface area contributed by atoms with Crippen molar-refractivity contribution in [3.63, 3.8) is 0 Å². The van der Waals surface area contributed by atoms with Crippen molar-refractivity contribution in [3.8, 4) is 0 Å². The molecule has 0 aliphatic heterocycles. The predicted molar refractivity (Wildman–Crippen MR) is 84.9 cm³/mol. The largest absolute Gasteiger partial charge is 0.314 e. The zero-order valence-corrected chi connectivity index (χ0v) is 12.5. The molecule has 0 spiro atoms. The van der Waals surface area contributed by atoms with Crippen LogP contribution in [0.5, 0.6) is 0 Å². The summed E-state index contributed by atoms with van der Waals surface area (Å²) in [5.74, 6) is 0. The van der Waals surface area contributed by atoms with Crippen LogP contribution in [0.4, 0.5) is 0 Å². The monoisotopic (exact) mass is 273 g/mol. The van der Waals surface area contributed by atoms with Gasteiger partial charge in [0.2, 0.25) is 0 Å². The minimum Gasteiger partial charge on any atom is -0.314 e. The first-order valence-electron chi connectivity index (χ1n) is 7.13. The number of hydrogen-bond acceptors (Lipinski definition) is 2. The molecule has 0 saturated carbocycles. The van der Waals surface area contributed by atoms with Crippen molar-refractivity contribution in [3.05, 3.63) is 58.3 Å². The van der Waals surface area contributed by atoms with E-state index in [0.29, 0.717) is 6.04 Å². The SMILES string of the molecule is CC(Cc1ccsc1)NCCCCc1ccccc1. The van der Waals surface area contributed by atoms with Gasteiger partial charge in [-0.2, -0.15) is 11.3 Å². The molecule has 0 radical (unpaired) electrons. The standard InChI is InChI=1S/C17H23NS/c1-15(13-17-10-12-19-14-17)18-11-6-5-9-16-7-3-2-4-8-16/h2-4,7-8,10,12,14-15,18H,5-6,9,11,13H2,1H3. The van der Waals surface area contributed by atoms with Gasteiger partial charge in [-0.25, -0.2) is 0 Å². The van der Waals surface area contributed by atoms with Crippen molar-refractivity contribution in [2.75, 3.05) is 6.54 Å². The van der Waals surface area contributed by atoms with Crippen LogP contribution in [0.25, 0.3) is 0 Å². The van der Waals surface area contributed by atoms with Crippen molar-refractivity contribution in [2.45, 2.75) is 38.6 Å². The average Bonchev–Trinajstić information content (AvgIpc) is 2.92. The van der Waals surface area contributed by atoms with Crippen molar-refractivity contribution < 1.29 is 0 Å². The van der Waals surface area contributed by atoms with Gasteiger partial charge in [0.15, 0.2) is 0 Å². The summed E-state index contributed by atoms with van der Waals surface area (Å²) < 4.78 is 0. The fourth-order valence-electron chi connectivity index (χ4n) is 2.28. The lowest BCUT2D eigenvalue weighted by atomic mass is 10.1. The molecular weight excluding hydrogens is 250 g/mol. The highest BCUT2D eigenvalue weighted by molar-refractivity contribution is 7.07. The molecule has 0 aliphatic carbocycles. The van der Waals surface area contributed by atoms with Gasteiger partial charge in [0.1, 0.15) is 0 Å². The van der Waals surface area contributed by atoms with Crippen LogP contribution in [0.3, 0.4) is 0 Å². The van der Waals surface area contributed by atoms with Gasteiger partial charge in [0, 0.05) is 6.04 Å². The molecule has 0 saturated heterocycles. The van der Waals surface area contributed by atoms with Gasteiger partial charge in [-0.15, -0.1) is 0 Å². The van der Waals surface area contributed by atoms with E-state index in [1.165, 1.54) is 30.4 Å². The van der Waals surface area contributed by atoms with Gasteiger partial charge < -0.3 is 5.32 Å². The molecule has 1 aromatic heterocycles. The maximum Gasteiger partial charge on any atom is 0.00794 e. The quantitative estimate of drug-likeness (QED) is 0.707. The molecule has 102 valence electrons. The van der Waals surface area contributed by atoms with Gasteiger partial charge in [-0.3, -0.25) is 0 Å². The Kier molecular flexibility index (Phi) is 6.12. The predicted octanol–water partition coefficient (Wildman–Crippen LogP) is 4.29. The van der Waals surface area contributed by atoms with Gasteiger partial charge in [-0.1, -0.05) is 30.3 Å². The normalized spacial score (nSPS) is 12.5. The number of thiophene rings is 1. The number of aryl methyl sites for hydroxylation is 1. The summed E-state index contributed by atoms with van der Waals surface area (Å²) in [6.07, 6.45) is 4.86. The molecule has 1 unspecified atom stereocenters. The van der Waals surface area contributed by atoms with E-state index in [0.717, 1.165) is 13.0 Å². The van der Waals surface area contributed by atoms with E-state index in [2.05, 4.69) is 59.4 Å². The smallest absolute Gasteiger partial charge is 0.00794 e. The fourth-order valence-corrected chi connectivity index (χ4v) is 2.96. The summed E-state index contributed by atoms with van der Waals surface area (Å²) >= 11 is 1.78. The maximum atomic E-state index is 3.61. The summed E-state index contributed by atoms with van der Waals surface area (Å²) in [6.45, 7) is 3.40. The maximum absolute atomic E-state index is 3.61. The molecule has 0 fully saturated rings. The first-order valence-corrected chi connectivity index (χ1v) is 8.07. The van der Waals surface area contributed by atoms with E-state index in [1.807, 2.05) is 0 Å². The minimum atomic E-state index is 0.575. The van der Waals surface area contributed by atoms with Crippen LogP contribution in [0.1, 0.15) is 30.9 Å². The number of rotatable bonds is 8. The topological polar surface area (TPSA) is 12.0 Å². The molecule has 0 aliphatic rings. The number of hydrogen-bond donors (Lipinski definition) is 1. The van der Waals surface area contributed by atoms with Gasteiger partial charge in [0.25, 0.3) is 0 Å². The number of benzene rings is 1. The Balaban J connectivity index is 1.54. The van der Waals surface area contributed by atoms with E-state index < -0.39 is 0 Å². The van der Waals surface area contributed by atoms with Crippen LogP contribution in [0.15, 0.2) is 47.2 Å². The second-order valence-electron chi connectivity index (χ2n) is 5.13. The van der Waals surface area contributed by atoms with Gasteiger partial charge >= 0.3 is 0 Å². The Labute approximate surface area is 120 Å². The van der Waals surface area contributed by atoms with Crippen LogP contribution < -0.4 is 5.32 Å². The first-order chi connectivity index (χ1) is 9.34. The molecular formula is C17H23NS. The third-order valence-corrected chi connectivity index (χ3v) is 4.08. The molecule has 2 rings (SSSR count). The van der Waals surface area contributed by atoms with E-state index in [9.17, 15) is 0 Å². The number of nitrogens with one attached hydrogen (secondary N) is 1. The molecule has 1 atom stereocenters. The fraction of sp³-hybridized carbons (Fsp3) is 0.412.